The van der Waals surface area contributed by atoms with Crippen LogP contribution in [0.4, 0.5) is 0 Å². The molecule has 0 radical (unpaired) electrons. The minimum atomic E-state index is -0.221. The van der Waals surface area contributed by atoms with E-state index >= 15 is 0 Å². The van der Waals surface area contributed by atoms with Crippen molar-refractivity contribution < 1.29 is 14.9 Å². The zero-order valence-corrected chi connectivity index (χ0v) is 11.1. The van der Waals surface area contributed by atoms with Gasteiger partial charge in [0.05, 0.1) is 25.9 Å². The highest BCUT2D eigenvalue weighted by molar-refractivity contribution is 4.91. The van der Waals surface area contributed by atoms with E-state index in [4.69, 9.17) is 9.84 Å². The lowest BCUT2D eigenvalue weighted by molar-refractivity contribution is 0.0702. The van der Waals surface area contributed by atoms with Gasteiger partial charge >= 0.3 is 0 Å². The van der Waals surface area contributed by atoms with Crippen molar-refractivity contribution in [2.24, 2.45) is 0 Å². The van der Waals surface area contributed by atoms with Gasteiger partial charge in [-0.3, -0.25) is 9.80 Å². The Morgan fingerprint density at radius 1 is 1.06 bits per heavy atom. The van der Waals surface area contributed by atoms with E-state index in [1.54, 1.807) is 0 Å². The summed E-state index contributed by atoms with van der Waals surface area (Å²) in [7, 11) is 0. The summed E-state index contributed by atoms with van der Waals surface area (Å²) < 4.78 is 5.27. The minimum absolute atomic E-state index is 0.0824. The van der Waals surface area contributed by atoms with Crippen LogP contribution in [-0.2, 0) is 4.74 Å². The van der Waals surface area contributed by atoms with E-state index in [2.05, 4.69) is 9.80 Å². The maximum atomic E-state index is 10.2. The lowest BCUT2D eigenvalue weighted by Gasteiger charge is -2.33. The maximum Gasteiger partial charge on any atom is 0.0834 e. The van der Waals surface area contributed by atoms with Crippen LogP contribution in [0.2, 0.25) is 0 Å². The molecule has 0 unspecified atom stereocenters. The van der Waals surface area contributed by atoms with Crippen LogP contribution in [0, 0.1) is 0 Å². The van der Waals surface area contributed by atoms with E-state index < -0.39 is 0 Å². The van der Waals surface area contributed by atoms with Gasteiger partial charge in [0.2, 0.25) is 0 Å². The van der Waals surface area contributed by atoms with E-state index in [9.17, 15) is 5.11 Å². The summed E-state index contributed by atoms with van der Waals surface area (Å²) in [6.45, 7) is 5.95. The van der Waals surface area contributed by atoms with Crippen molar-refractivity contribution >= 4 is 0 Å². The number of aliphatic hydroxyl groups excluding tert-OH is 2. The first-order valence-electron chi connectivity index (χ1n) is 7.14. The number of piperidine rings is 1. The van der Waals surface area contributed by atoms with E-state index in [1.165, 1.54) is 19.3 Å². The molecule has 0 aliphatic carbocycles. The summed E-state index contributed by atoms with van der Waals surface area (Å²) in [5.41, 5.74) is 0. The van der Waals surface area contributed by atoms with Crippen LogP contribution in [0.1, 0.15) is 19.3 Å². The lowest BCUT2D eigenvalue weighted by Crippen LogP contribution is -2.45. The zero-order chi connectivity index (χ0) is 12.8. The van der Waals surface area contributed by atoms with Gasteiger partial charge in [-0.25, -0.2) is 0 Å². The fourth-order valence-corrected chi connectivity index (χ4v) is 3.00. The summed E-state index contributed by atoms with van der Waals surface area (Å²) in [6.07, 6.45) is 3.64. The Bertz CT molecular complexity index is 234. The number of aliphatic hydroxyl groups is 2. The van der Waals surface area contributed by atoms with Crippen molar-refractivity contribution in [3.63, 3.8) is 0 Å². The molecule has 2 saturated heterocycles. The molecule has 2 fully saturated rings. The van der Waals surface area contributed by atoms with Crippen molar-refractivity contribution in [2.75, 3.05) is 52.5 Å². The van der Waals surface area contributed by atoms with Crippen molar-refractivity contribution in [3.8, 4) is 0 Å². The number of β-amino-alcohol motifs (C(OH)–C–C–N with tert-alkyl or cyclic N) is 1. The molecule has 0 saturated carbocycles. The molecule has 2 aliphatic rings. The highest BCUT2D eigenvalue weighted by atomic mass is 16.5. The molecule has 0 spiro atoms. The molecule has 0 amide bonds. The van der Waals surface area contributed by atoms with Crippen LogP contribution in [0.3, 0.4) is 0 Å². The highest BCUT2D eigenvalue weighted by Crippen LogP contribution is 2.20. The maximum absolute atomic E-state index is 10.2. The van der Waals surface area contributed by atoms with Crippen molar-refractivity contribution in [1.82, 2.24) is 9.80 Å². The van der Waals surface area contributed by atoms with E-state index in [1.807, 2.05) is 0 Å². The van der Waals surface area contributed by atoms with Crippen LogP contribution in [0.25, 0.3) is 0 Å². The number of likely N-dealkylation sites (tertiary alicyclic amines) is 2. The third-order valence-electron chi connectivity index (χ3n) is 3.98. The predicted octanol–water partition coefficient (Wildman–Crippen LogP) is -0.474. The molecule has 18 heavy (non-hydrogen) atoms. The standard InChI is InChI=1S/C13H26N2O3/c16-7-9-18-8-6-14-10-12(13(17)11-14)15-4-2-1-3-5-15/h12-13,16-17H,1-11H2/t12-,13-/m0/s1. The molecule has 2 N–H and O–H groups in total. The van der Waals surface area contributed by atoms with Gasteiger partial charge in [0, 0.05) is 25.7 Å². The third-order valence-corrected chi connectivity index (χ3v) is 3.98. The van der Waals surface area contributed by atoms with E-state index in [0.29, 0.717) is 19.3 Å². The summed E-state index contributed by atoms with van der Waals surface area (Å²) in [6, 6.07) is 0.308. The molecule has 5 nitrogen and oxygen atoms in total. The van der Waals surface area contributed by atoms with Gasteiger partial charge < -0.3 is 14.9 Å². The van der Waals surface area contributed by atoms with Gasteiger partial charge in [-0.15, -0.1) is 0 Å². The molecule has 2 rings (SSSR count). The van der Waals surface area contributed by atoms with Gasteiger partial charge in [0.25, 0.3) is 0 Å². The second-order valence-corrected chi connectivity index (χ2v) is 5.33. The smallest absolute Gasteiger partial charge is 0.0834 e. The molecule has 0 bridgehead atoms. The molecule has 0 aromatic heterocycles. The summed E-state index contributed by atoms with van der Waals surface area (Å²) >= 11 is 0. The molecule has 2 atom stereocenters. The Morgan fingerprint density at radius 3 is 2.56 bits per heavy atom. The molecular weight excluding hydrogens is 232 g/mol. The van der Waals surface area contributed by atoms with Gasteiger partial charge in [-0.2, -0.15) is 0 Å². The molecular formula is C13H26N2O3. The van der Waals surface area contributed by atoms with Crippen molar-refractivity contribution in [1.29, 1.82) is 0 Å². The second kappa shape index (κ2) is 7.40. The monoisotopic (exact) mass is 258 g/mol. The van der Waals surface area contributed by atoms with Crippen LogP contribution >= 0.6 is 0 Å². The van der Waals surface area contributed by atoms with Gasteiger partial charge in [-0.05, 0) is 25.9 Å². The Balaban J connectivity index is 1.70. The lowest BCUT2D eigenvalue weighted by atomic mass is 10.1. The quantitative estimate of drug-likeness (QED) is 0.631. The van der Waals surface area contributed by atoms with E-state index in [-0.39, 0.29) is 12.7 Å². The van der Waals surface area contributed by atoms with Gasteiger partial charge in [-0.1, -0.05) is 6.42 Å². The summed E-state index contributed by atoms with van der Waals surface area (Å²) in [5.74, 6) is 0. The van der Waals surface area contributed by atoms with Crippen molar-refractivity contribution in [3.05, 3.63) is 0 Å². The Morgan fingerprint density at radius 2 is 1.83 bits per heavy atom. The molecule has 0 aromatic rings. The molecule has 106 valence electrons. The van der Waals surface area contributed by atoms with Crippen LogP contribution < -0.4 is 0 Å². The van der Waals surface area contributed by atoms with E-state index in [0.717, 1.165) is 32.7 Å². The summed E-state index contributed by atoms with van der Waals surface area (Å²) in [4.78, 5) is 4.71. The highest BCUT2D eigenvalue weighted by Gasteiger charge is 2.35. The topological polar surface area (TPSA) is 56.2 Å². The fourth-order valence-electron chi connectivity index (χ4n) is 3.00. The number of hydrogen-bond acceptors (Lipinski definition) is 5. The average Bonchev–Trinajstić information content (AvgIpc) is 2.77. The Kier molecular flexibility index (Phi) is 5.85. The Labute approximate surface area is 109 Å². The minimum Gasteiger partial charge on any atom is -0.394 e. The van der Waals surface area contributed by atoms with Crippen molar-refractivity contribution in [2.45, 2.75) is 31.4 Å². The number of nitrogens with zero attached hydrogens (tertiary/aromatic N) is 2. The zero-order valence-electron chi connectivity index (χ0n) is 11.1. The average molecular weight is 258 g/mol. The molecule has 5 heteroatoms. The van der Waals surface area contributed by atoms with Gasteiger partial charge in [0.15, 0.2) is 0 Å². The van der Waals surface area contributed by atoms with Crippen LogP contribution in [0.5, 0.6) is 0 Å². The third kappa shape index (κ3) is 3.90. The first kappa shape index (κ1) is 14.2. The molecule has 2 heterocycles. The Hall–Kier alpha value is -0.200. The van der Waals surface area contributed by atoms with Crippen LogP contribution in [-0.4, -0.2) is 84.7 Å². The SMILES string of the molecule is OCCOCCN1C[C@H](O)[C@@H](N2CCCCC2)C1. The molecule has 0 aromatic carbocycles. The number of ether oxygens (including phenoxy) is 1. The van der Waals surface area contributed by atoms with Crippen LogP contribution in [0.15, 0.2) is 0 Å². The molecule has 2 aliphatic heterocycles. The number of rotatable bonds is 6. The predicted molar refractivity (Wildman–Crippen MR) is 69.6 cm³/mol. The second-order valence-electron chi connectivity index (χ2n) is 5.33. The largest absolute Gasteiger partial charge is 0.394 e. The summed E-state index contributed by atoms with van der Waals surface area (Å²) in [5, 5.41) is 18.8. The fraction of sp³-hybridized carbons (Fsp3) is 1.00. The first-order valence-corrected chi connectivity index (χ1v) is 7.14. The van der Waals surface area contributed by atoms with Gasteiger partial charge in [0.1, 0.15) is 0 Å². The first-order chi connectivity index (χ1) is 8.81. The normalized spacial score (nSPS) is 31.0. The number of hydrogen-bond donors (Lipinski definition) is 2.